The van der Waals surface area contributed by atoms with Crippen molar-refractivity contribution in [1.29, 1.82) is 0 Å². The standard InChI is InChI=1S/C18H36N2/c1-14(19)17-7-5-6-12-20(17)13-15-8-10-16(11-9-15)18(2,3)4/h14-17H,5-13,19H2,1-4H3. The lowest BCUT2D eigenvalue weighted by molar-refractivity contribution is 0.0790. The molecule has 0 spiro atoms. The van der Waals surface area contributed by atoms with E-state index in [4.69, 9.17) is 5.73 Å². The largest absolute Gasteiger partial charge is 0.327 e. The Balaban J connectivity index is 1.82. The van der Waals surface area contributed by atoms with Crippen LogP contribution in [0, 0.1) is 17.3 Å². The second-order valence-electron chi connectivity index (χ2n) is 8.50. The van der Waals surface area contributed by atoms with E-state index in [-0.39, 0.29) is 0 Å². The predicted molar refractivity (Wildman–Crippen MR) is 87.8 cm³/mol. The van der Waals surface area contributed by atoms with E-state index in [1.807, 2.05) is 0 Å². The zero-order chi connectivity index (χ0) is 14.8. The van der Waals surface area contributed by atoms with Crippen LogP contribution in [0.15, 0.2) is 0 Å². The van der Waals surface area contributed by atoms with E-state index in [1.54, 1.807) is 0 Å². The molecule has 1 saturated heterocycles. The highest BCUT2D eigenvalue weighted by atomic mass is 15.2. The summed E-state index contributed by atoms with van der Waals surface area (Å²) in [7, 11) is 0. The summed E-state index contributed by atoms with van der Waals surface area (Å²) >= 11 is 0. The fraction of sp³-hybridized carbons (Fsp3) is 1.00. The minimum absolute atomic E-state index is 0.334. The second kappa shape index (κ2) is 6.79. The van der Waals surface area contributed by atoms with Gasteiger partial charge in [0, 0.05) is 18.6 Å². The van der Waals surface area contributed by atoms with Gasteiger partial charge in [0.15, 0.2) is 0 Å². The maximum Gasteiger partial charge on any atom is 0.0244 e. The van der Waals surface area contributed by atoms with Gasteiger partial charge in [-0.1, -0.05) is 27.2 Å². The van der Waals surface area contributed by atoms with E-state index in [0.29, 0.717) is 17.5 Å². The number of nitrogens with zero attached hydrogens (tertiary/aromatic N) is 1. The van der Waals surface area contributed by atoms with E-state index in [1.165, 1.54) is 58.0 Å². The predicted octanol–water partition coefficient (Wildman–Crippen LogP) is 4.04. The average molecular weight is 281 g/mol. The zero-order valence-electron chi connectivity index (χ0n) is 14.2. The molecule has 0 aromatic rings. The van der Waals surface area contributed by atoms with Crippen molar-refractivity contribution < 1.29 is 0 Å². The van der Waals surface area contributed by atoms with Crippen molar-refractivity contribution >= 4 is 0 Å². The number of piperidine rings is 1. The summed E-state index contributed by atoms with van der Waals surface area (Å²) in [6.45, 7) is 12.0. The Labute approximate surface area is 126 Å². The van der Waals surface area contributed by atoms with E-state index in [2.05, 4.69) is 32.6 Å². The quantitative estimate of drug-likeness (QED) is 0.845. The first-order chi connectivity index (χ1) is 9.38. The van der Waals surface area contributed by atoms with Crippen molar-refractivity contribution in [3.05, 3.63) is 0 Å². The van der Waals surface area contributed by atoms with E-state index < -0.39 is 0 Å². The molecule has 1 heterocycles. The average Bonchev–Trinajstić information content (AvgIpc) is 2.38. The van der Waals surface area contributed by atoms with Crippen molar-refractivity contribution in [2.24, 2.45) is 23.0 Å². The Morgan fingerprint density at radius 3 is 2.25 bits per heavy atom. The zero-order valence-corrected chi connectivity index (χ0v) is 14.2. The van der Waals surface area contributed by atoms with Gasteiger partial charge in [0.25, 0.3) is 0 Å². The van der Waals surface area contributed by atoms with Crippen LogP contribution < -0.4 is 5.73 Å². The molecular formula is C18H36N2. The lowest BCUT2D eigenvalue weighted by Gasteiger charge is -2.42. The highest BCUT2D eigenvalue weighted by molar-refractivity contribution is 4.87. The van der Waals surface area contributed by atoms with Gasteiger partial charge in [0.05, 0.1) is 0 Å². The van der Waals surface area contributed by atoms with Crippen LogP contribution in [0.25, 0.3) is 0 Å². The molecule has 118 valence electrons. The molecule has 1 aliphatic carbocycles. The molecular weight excluding hydrogens is 244 g/mol. The highest BCUT2D eigenvalue weighted by Gasteiger charge is 2.32. The van der Waals surface area contributed by atoms with Crippen molar-refractivity contribution in [3.8, 4) is 0 Å². The van der Waals surface area contributed by atoms with Crippen molar-refractivity contribution in [3.63, 3.8) is 0 Å². The van der Waals surface area contributed by atoms with Crippen molar-refractivity contribution in [1.82, 2.24) is 4.90 Å². The SMILES string of the molecule is CC(N)C1CCCCN1CC1CCC(C(C)(C)C)CC1. The smallest absolute Gasteiger partial charge is 0.0244 e. The van der Waals surface area contributed by atoms with Gasteiger partial charge in [-0.25, -0.2) is 0 Å². The fourth-order valence-electron chi connectivity index (χ4n) is 4.38. The van der Waals surface area contributed by atoms with Gasteiger partial charge in [-0.15, -0.1) is 0 Å². The minimum atomic E-state index is 0.334. The summed E-state index contributed by atoms with van der Waals surface area (Å²) in [4.78, 5) is 2.72. The van der Waals surface area contributed by atoms with Crippen molar-refractivity contribution in [2.45, 2.75) is 84.7 Å². The first-order valence-corrected chi connectivity index (χ1v) is 8.87. The molecule has 2 nitrogen and oxygen atoms in total. The van der Waals surface area contributed by atoms with Gasteiger partial charge in [-0.05, 0) is 69.2 Å². The van der Waals surface area contributed by atoms with E-state index in [9.17, 15) is 0 Å². The van der Waals surface area contributed by atoms with Crippen LogP contribution >= 0.6 is 0 Å². The number of likely N-dealkylation sites (tertiary alicyclic amines) is 1. The van der Waals surface area contributed by atoms with Crippen LogP contribution in [-0.2, 0) is 0 Å². The Morgan fingerprint density at radius 1 is 1.05 bits per heavy atom. The molecule has 20 heavy (non-hydrogen) atoms. The third-order valence-corrected chi connectivity index (χ3v) is 5.84. The van der Waals surface area contributed by atoms with Gasteiger partial charge in [0.2, 0.25) is 0 Å². The lowest BCUT2D eigenvalue weighted by atomic mass is 9.69. The summed E-state index contributed by atoms with van der Waals surface area (Å²) in [5.74, 6) is 1.86. The second-order valence-corrected chi connectivity index (χ2v) is 8.50. The van der Waals surface area contributed by atoms with Crippen LogP contribution in [0.2, 0.25) is 0 Å². The van der Waals surface area contributed by atoms with E-state index in [0.717, 1.165) is 11.8 Å². The van der Waals surface area contributed by atoms with Gasteiger partial charge >= 0.3 is 0 Å². The molecule has 2 atom stereocenters. The molecule has 2 rings (SSSR count). The number of rotatable bonds is 3. The van der Waals surface area contributed by atoms with Gasteiger partial charge in [-0.3, -0.25) is 4.90 Å². The Morgan fingerprint density at radius 2 is 1.70 bits per heavy atom. The molecule has 2 aliphatic rings. The molecule has 0 aromatic heterocycles. The number of nitrogens with two attached hydrogens (primary N) is 1. The highest BCUT2D eigenvalue weighted by Crippen LogP contribution is 2.40. The summed E-state index contributed by atoms with van der Waals surface area (Å²) in [6, 6.07) is 0.977. The summed E-state index contributed by atoms with van der Waals surface area (Å²) in [5, 5.41) is 0. The van der Waals surface area contributed by atoms with Crippen LogP contribution in [-0.4, -0.2) is 30.1 Å². The topological polar surface area (TPSA) is 29.3 Å². The maximum atomic E-state index is 6.20. The monoisotopic (exact) mass is 280 g/mol. The third kappa shape index (κ3) is 4.21. The lowest BCUT2D eigenvalue weighted by Crippen LogP contribution is -2.50. The molecule has 1 saturated carbocycles. The van der Waals surface area contributed by atoms with Crippen LogP contribution in [0.3, 0.4) is 0 Å². The summed E-state index contributed by atoms with van der Waals surface area (Å²) in [6.07, 6.45) is 9.80. The van der Waals surface area contributed by atoms with Gasteiger partial charge in [-0.2, -0.15) is 0 Å². The van der Waals surface area contributed by atoms with E-state index >= 15 is 0 Å². The molecule has 0 aromatic carbocycles. The Bertz CT molecular complexity index is 284. The summed E-state index contributed by atoms with van der Waals surface area (Å²) < 4.78 is 0. The van der Waals surface area contributed by atoms with Gasteiger partial charge in [0.1, 0.15) is 0 Å². The molecule has 0 radical (unpaired) electrons. The first-order valence-electron chi connectivity index (χ1n) is 8.87. The molecule has 2 unspecified atom stereocenters. The third-order valence-electron chi connectivity index (χ3n) is 5.84. The maximum absolute atomic E-state index is 6.20. The van der Waals surface area contributed by atoms with Crippen molar-refractivity contribution in [2.75, 3.05) is 13.1 Å². The summed E-state index contributed by atoms with van der Waals surface area (Å²) in [5.41, 5.74) is 6.70. The fourth-order valence-corrected chi connectivity index (χ4v) is 4.38. The molecule has 0 amide bonds. The number of hydrogen-bond donors (Lipinski definition) is 1. The normalized spacial score (nSPS) is 35.0. The Hall–Kier alpha value is -0.0800. The first kappa shape index (κ1) is 16.3. The van der Waals surface area contributed by atoms with Gasteiger partial charge < -0.3 is 5.73 Å². The molecule has 1 aliphatic heterocycles. The minimum Gasteiger partial charge on any atom is -0.327 e. The molecule has 2 fully saturated rings. The molecule has 0 bridgehead atoms. The number of hydrogen-bond acceptors (Lipinski definition) is 2. The van der Waals surface area contributed by atoms with Crippen LogP contribution in [0.5, 0.6) is 0 Å². The molecule has 2 N–H and O–H groups in total. The van der Waals surface area contributed by atoms with Crippen LogP contribution in [0.1, 0.15) is 72.6 Å². The Kier molecular flexibility index (Phi) is 5.53. The molecule has 2 heteroatoms. The van der Waals surface area contributed by atoms with Crippen LogP contribution in [0.4, 0.5) is 0 Å².